The number of hydrogen-bond donors (Lipinski definition) is 2. The molecule has 4 rings (SSSR count). The fourth-order valence-electron chi connectivity index (χ4n) is 3.83. The van der Waals surface area contributed by atoms with Crippen LogP contribution >= 0.6 is 11.6 Å². The maximum atomic E-state index is 13.1. The van der Waals surface area contributed by atoms with Crippen molar-refractivity contribution in [1.29, 1.82) is 0 Å². The van der Waals surface area contributed by atoms with Crippen molar-refractivity contribution in [3.63, 3.8) is 0 Å². The van der Waals surface area contributed by atoms with E-state index in [0.717, 1.165) is 49.0 Å². The Morgan fingerprint density at radius 1 is 1.10 bits per heavy atom. The molecule has 6 nitrogen and oxygen atoms in total. The maximum absolute atomic E-state index is 13.1. The van der Waals surface area contributed by atoms with Gasteiger partial charge in [0.05, 0.1) is 30.2 Å². The summed E-state index contributed by atoms with van der Waals surface area (Å²) in [7, 11) is 0. The number of aromatic nitrogens is 2. The second-order valence-electron chi connectivity index (χ2n) is 7.18. The van der Waals surface area contributed by atoms with Gasteiger partial charge in [-0.05, 0) is 48.7 Å². The van der Waals surface area contributed by atoms with E-state index in [1.165, 1.54) is 0 Å². The minimum Gasteiger partial charge on any atom is -1.00 e. The van der Waals surface area contributed by atoms with Crippen molar-refractivity contribution >= 4 is 22.4 Å². The Kier molecular flexibility index (Phi) is 8.05. The third-order valence-corrected chi connectivity index (χ3v) is 5.51. The van der Waals surface area contributed by atoms with Crippen LogP contribution < -0.4 is 23.3 Å². The van der Waals surface area contributed by atoms with E-state index in [1.807, 2.05) is 24.3 Å². The molecular formula is C21H25Cl2N3O3. The summed E-state index contributed by atoms with van der Waals surface area (Å²) >= 11 is 6.00. The number of rotatable bonds is 3. The van der Waals surface area contributed by atoms with Gasteiger partial charge < -0.3 is 28.3 Å². The monoisotopic (exact) mass is 437 g/mol. The molecule has 2 heterocycles. The van der Waals surface area contributed by atoms with Gasteiger partial charge in [0, 0.05) is 23.3 Å². The van der Waals surface area contributed by atoms with E-state index in [-0.39, 0.29) is 35.2 Å². The van der Waals surface area contributed by atoms with Crippen LogP contribution in [0.4, 0.5) is 0 Å². The summed E-state index contributed by atoms with van der Waals surface area (Å²) in [5, 5.41) is 19.0. The van der Waals surface area contributed by atoms with Gasteiger partial charge >= 0.3 is 0 Å². The van der Waals surface area contributed by atoms with Crippen LogP contribution in [0.1, 0.15) is 36.6 Å². The van der Waals surface area contributed by atoms with Crippen LogP contribution in [0.3, 0.4) is 0 Å². The van der Waals surface area contributed by atoms with E-state index < -0.39 is 0 Å². The molecule has 5 N–H and O–H groups in total. The number of phenols is 1. The first-order valence-electron chi connectivity index (χ1n) is 9.42. The van der Waals surface area contributed by atoms with Crippen molar-refractivity contribution in [3.05, 3.63) is 69.1 Å². The van der Waals surface area contributed by atoms with E-state index >= 15 is 0 Å². The predicted octanol–water partition coefficient (Wildman–Crippen LogP) is -1.19. The third-order valence-electron chi connectivity index (χ3n) is 5.26. The van der Waals surface area contributed by atoms with Crippen molar-refractivity contribution in [2.75, 3.05) is 13.1 Å². The molecule has 8 heteroatoms. The van der Waals surface area contributed by atoms with Gasteiger partial charge in [0.25, 0.3) is 5.56 Å². The average molecular weight is 438 g/mol. The SMILES string of the molecule is O.O=c1c2cc(O)ccc2c(Cc2ccc(Cl)cc2)nn1C1CCC[NH2+]CC1.[Cl-]. The van der Waals surface area contributed by atoms with Crippen LogP contribution in [0, 0.1) is 0 Å². The standard InChI is InChI=1S/C21H22ClN3O2.ClH.H2O/c22-15-5-3-14(4-6-15)12-20-18-8-7-17(26)13-19(18)21(27)25(24-20)16-2-1-10-23-11-9-16;;/h3-8,13,16,23,26H,1-2,9-12H2;1H;1H2. The summed E-state index contributed by atoms with van der Waals surface area (Å²) in [5.41, 5.74) is 1.81. The lowest BCUT2D eigenvalue weighted by Gasteiger charge is -2.18. The quantitative estimate of drug-likeness (QED) is 0.538. The van der Waals surface area contributed by atoms with Gasteiger partial charge in [-0.25, -0.2) is 4.68 Å². The van der Waals surface area contributed by atoms with Gasteiger partial charge in [-0.1, -0.05) is 23.7 Å². The van der Waals surface area contributed by atoms with Gasteiger partial charge in [-0.15, -0.1) is 0 Å². The highest BCUT2D eigenvalue weighted by Gasteiger charge is 2.21. The Hall–Kier alpha value is -2.12. The van der Waals surface area contributed by atoms with E-state index in [4.69, 9.17) is 16.7 Å². The highest BCUT2D eigenvalue weighted by Crippen LogP contribution is 2.24. The molecule has 156 valence electrons. The molecule has 29 heavy (non-hydrogen) atoms. The minimum absolute atomic E-state index is 0. The molecule has 1 atom stereocenters. The average Bonchev–Trinajstić information content (AvgIpc) is 2.95. The lowest BCUT2D eigenvalue weighted by atomic mass is 10.0. The lowest BCUT2D eigenvalue weighted by molar-refractivity contribution is -0.653. The number of quaternary nitrogens is 1. The molecule has 1 saturated heterocycles. The fraction of sp³-hybridized carbons (Fsp3) is 0.333. The molecule has 0 amide bonds. The molecule has 2 aromatic carbocycles. The van der Waals surface area contributed by atoms with E-state index in [1.54, 1.807) is 22.9 Å². The third kappa shape index (κ3) is 5.08. The number of hydrogen-bond acceptors (Lipinski definition) is 3. The molecule has 1 fully saturated rings. The van der Waals surface area contributed by atoms with Crippen molar-refractivity contribution in [1.82, 2.24) is 9.78 Å². The topological polar surface area (TPSA) is 103 Å². The first-order chi connectivity index (χ1) is 13.1. The number of nitrogens with zero attached hydrogens (tertiary/aromatic N) is 2. The second-order valence-corrected chi connectivity index (χ2v) is 7.62. The van der Waals surface area contributed by atoms with E-state index in [2.05, 4.69) is 5.32 Å². The Bertz CT molecular complexity index is 1010. The molecule has 0 spiro atoms. The van der Waals surface area contributed by atoms with E-state index in [0.29, 0.717) is 16.8 Å². The van der Waals surface area contributed by atoms with Crippen molar-refractivity contribution in [2.45, 2.75) is 31.7 Å². The van der Waals surface area contributed by atoms with Gasteiger partial charge in [-0.2, -0.15) is 5.10 Å². The Morgan fingerprint density at radius 3 is 2.62 bits per heavy atom. The largest absolute Gasteiger partial charge is 1.00 e. The number of benzene rings is 2. The zero-order valence-electron chi connectivity index (χ0n) is 15.9. The van der Waals surface area contributed by atoms with Gasteiger partial charge in [0.2, 0.25) is 0 Å². The number of halogens is 2. The van der Waals surface area contributed by atoms with Crippen LogP contribution in [-0.4, -0.2) is 33.5 Å². The summed E-state index contributed by atoms with van der Waals surface area (Å²) in [4.78, 5) is 13.1. The van der Waals surface area contributed by atoms with Crippen LogP contribution in [-0.2, 0) is 6.42 Å². The highest BCUT2D eigenvalue weighted by atomic mass is 35.5. The number of phenolic OH excluding ortho intramolecular Hbond substituents is 1. The van der Waals surface area contributed by atoms with E-state index in [9.17, 15) is 9.90 Å². The Morgan fingerprint density at radius 2 is 1.86 bits per heavy atom. The van der Waals surface area contributed by atoms with Crippen LogP contribution in [0.2, 0.25) is 5.02 Å². The molecule has 1 aliphatic rings. The highest BCUT2D eigenvalue weighted by molar-refractivity contribution is 6.30. The van der Waals surface area contributed by atoms with Crippen molar-refractivity contribution < 1.29 is 28.3 Å². The summed E-state index contributed by atoms with van der Waals surface area (Å²) in [6, 6.07) is 12.7. The minimum atomic E-state index is -0.118. The van der Waals surface area contributed by atoms with Crippen LogP contribution in [0.25, 0.3) is 10.8 Å². The molecule has 0 radical (unpaired) electrons. The number of fused-ring (bicyclic) bond motifs is 1. The fourth-order valence-corrected chi connectivity index (χ4v) is 3.95. The molecule has 1 unspecified atom stereocenters. The van der Waals surface area contributed by atoms with Crippen LogP contribution in [0.15, 0.2) is 47.3 Å². The summed E-state index contributed by atoms with van der Waals surface area (Å²) in [6.45, 7) is 2.10. The Balaban J connectivity index is 0.00000150. The first-order valence-corrected chi connectivity index (χ1v) is 9.80. The molecule has 3 aromatic rings. The van der Waals surface area contributed by atoms with Crippen molar-refractivity contribution in [2.24, 2.45) is 0 Å². The molecule has 0 bridgehead atoms. The lowest BCUT2D eigenvalue weighted by Crippen LogP contribution is -3.00. The van der Waals surface area contributed by atoms with Crippen LogP contribution in [0.5, 0.6) is 5.75 Å². The van der Waals surface area contributed by atoms with Gasteiger partial charge in [-0.3, -0.25) is 4.79 Å². The molecule has 1 aromatic heterocycles. The smallest absolute Gasteiger partial charge is 0.275 e. The number of nitrogens with two attached hydrogens (primary N) is 1. The molecular weight excluding hydrogens is 413 g/mol. The summed E-state index contributed by atoms with van der Waals surface area (Å²) < 4.78 is 1.66. The Labute approximate surface area is 180 Å². The predicted molar refractivity (Wildman–Crippen MR) is 110 cm³/mol. The summed E-state index contributed by atoms with van der Waals surface area (Å²) in [5.74, 6) is 0.101. The molecule has 0 aliphatic carbocycles. The first kappa shape index (κ1) is 23.2. The number of aromatic hydroxyl groups is 1. The van der Waals surface area contributed by atoms with Gasteiger partial charge in [0.15, 0.2) is 0 Å². The molecule has 1 aliphatic heterocycles. The second kappa shape index (κ2) is 10.1. The summed E-state index contributed by atoms with van der Waals surface area (Å²) in [6.07, 6.45) is 3.56. The van der Waals surface area contributed by atoms with Gasteiger partial charge in [0.1, 0.15) is 5.75 Å². The molecule has 0 saturated carbocycles. The maximum Gasteiger partial charge on any atom is 0.275 e. The normalized spacial score (nSPS) is 16.5. The van der Waals surface area contributed by atoms with Crippen molar-refractivity contribution in [3.8, 4) is 5.75 Å². The zero-order valence-corrected chi connectivity index (χ0v) is 17.5. The zero-order chi connectivity index (χ0) is 18.8.